The molecule has 1 amide bonds. The molecule has 3 aromatic rings. The Morgan fingerprint density at radius 2 is 2.00 bits per heavy atom. The van der Waals surface area contributed by atoms with Gasteiger partial charge in [0, 0.05) is 34.1 Å². The zero-order valence-electron chi connectivity index (χ0n) is 15.4. The number of aromatic nitrogens is 1. The first-order valence-electron chi connectivity index (χ1n) is 8.76. The molecular weight excluding hydrogens is 360 g/mol. The van der Waals surface area contributed by atoms with Crippen LogP contribution in [0.15, 0.2) is 53.3 Å². The van der Waals surface area contributed by atoms with Crippen LogP contribution in [0.3, 0.4) is 0 Å². The van der Waals surface area contributed by atoms with E-state index in [-0.39, 0.29) is 11.3 Å². The third kappa shape index (κ3) is 4.71. The van der Waals surface area contributed by atoms with Crippen molar-refractivity contribution in [1.29, 1.82) is 0 Å². The number of ether oxygens (including phenoxy) is 1. The second-order valence-electron chi connectivity index (χ2n) is 6.12. The number of nitrogens with one attached hydrogen (secondary N) is 2. The lowest BCUT2D eigenvalue weighted by Gasteiger charge is -2.10. The second kappa shape index (κ2) is 8.77. The number of hydrogen-bond donors (Lipinski definition) is 2. The monoisotopic (exact) mass is 382 g/mol. The van der Waals surface area contributed by atoms with Crippen molar-refractivity contribution in [2.24, 2.45) is 0 Å². The fraction of sp³-hybridized carbons (Fsp3) is 0.238. The number of amides is 1. The van der Waals surface area contributed by atoms with Crippen LogP contribution in [0.4, 0.5) is 5.69 Å². The van der Waals surface area contributed by atoms with Gasteiger partial charge in [0.2, 0.25) is 5.91 Å². The molecule has 0 radical (unpaired) electrons. The predicted molar refractivity (Wildman–Crippen MR) is 112 cm³/mol. The normalized spacial score (nSPS) is 10.7. The molecule has 0 aliphatic carbocycles. The number of hydrogen-bond acceptors (Lipinski definition) is 4. The van der Waals surface area contributed by atoms with Crippen LogP contribution in [0.2, 0.25) is 0 Å². The third-order valence-corrected chi connectivity index (χ3v) is 5.24. The van der Waals surface area contributed by atoms with Gasteiger partial charge in [0.1, 0.15) is 5.75 Å². The van der Waals surface area contributed by atoms with Crippen LogP contribution in [-0.4, -0.2) is 23.8 Å². The number of methoxy groups -OCH3 is 1. The summed E-state index contributed by atoms with van der Waals surface area (Å²) in [6, 6.07) is 14.8. The Labute approximate surface area is 162 Å². The van der Waals surface area contributed by atoms with Gasteiger partial charge < -0.3 is 15.0 Å². The van der Waals surface area contributed by atoms with Crippen molar-refractivity contribution in [3.8, 4) is 5.75 Å². The van der Waals surface area contributed by atoms with Gasteiger partial charge in [0.25, 0.3) is 0 Å². The van der Waals surface area contributed by atoms with E-state index in [9.17, 15) is 9.59 Å². The SMILES string of the molecule is CCc1ccccc1NC(=O)CSCc1cc(=O)c2cc(OC)ccc2[nH]1. The summed E-state index contributed by atoms with van der Waals surface area (Å²) in [5.74, 6) is 1.48. The number of anilines is 1. The van der Waals surface area contributed by atoms with Crippen molar-refractivity contribution in [2.45, 2.75) is 19.1 Å². The Hall–Kier alpha value is -2.73. The molecule has 0 unspecified atom stereocenters. The zero-order chi connectivity index (χ0) is 19.2. The van der Waals surface area contributed by atoms with Gasteiger partial charge in [-0.1, -0.05) is 25.1 Å². The lowest BCUT2D eigenvalue weighted by Crippen LogP contribution is -2.15. The lowest BCUT2D eigenvalue weighted by atomic mass is 10.1. The summed E-state index contributed by atoms with van der Waals surface area (Å²) in [7, 11) is 1.57. The average Bonchev–Trinajstić information content (AvgIpc) is 2.68. The highest BCUT2D eigenvalue weighted by atomic mass is 32.2. The number of H-pyrrole nitrogens is 1. The predicted octanol–water partition coefficient (Wildman–Crippen LogP) is 3.97. The fourth-order valence-electron chi connectivity index (χ4n) is 2.88. The Balaban J connectivity index is 1.61. The number of benzene rings is 2. The third-order valence-electron chi connectivity index (χ3n) is 4.26. The first-order chi connectivity index (χ1) is 13.1. The molecule has 1 aromatic heterocycles. The molecule has 0 spiro atoms. The number of aryl methyl sites for hydroxylation is 1. The number of para-hydroxylation sites is 1. The Morgan fingerprint density at radius 1 is 1.19 bits per heavy atom. The Morgan fingerprint density at radius 3 is 2.78 bits per heavy atom. The quantitative estimate of drug-likeness (QED) is 0.649. The summed E-state index contributed by atoms with van der Waals surface area (Å²) in [6.45, 7) is 2.06. The molecule has 6 heteroatoms. The van der Waals surface area contributed by atoms with Crippen LogP contribution >= 0.6 is 11.8 Å². The lowest BCUT2D eigenvalue weighted by molar-refractivity contribution is -0.113. The van der Waals surface area contributed by atoms with E-state index in [4.69, 9.17) is 4.74 Å². The molecule has 140 valence electrons. The maximum absolute atomic E-state index is 12.3. The van der Waals surface area contributed by atoms with Crippen molar-refractivity contribution in [2.75, 3.05) is 18.2 Å². The molecule has 1 heterocycles. The summed E-state index contributed by atoms with van der Waals surface area (Å²) in [5, 5.41) is 3.55. The Kier molecular flexibility index (Phi) is 6.19. The summed E-state index contributed by atoms with van der Waals surface area (Å²) >= 11 is 1.47. The van der Waals surface area contributed by atoms with Crippen LogP contribution in [0.25, 0.3) is 10.9 Å². The van der Waals surface area contributed by atoms with Crippen LogP contribution in [0.5, 0.6) is 5.75 Å². The van der Waals surface area contributed by atoms with E-state index in [1.54, 1.807) is 19.2 Å². The number of carbonyl (C=O) groups excluding carboxylic acids is 1. The molecule has 0 fully saturated rings. The van der Waals surface area contributed by atoms with E-state index in [0.717, 1.165) is 28.9 Å². The average molecular weight is 382 g/mol. The van der Waals surface area contributed by atoms with E-state index < -0.39 is 0 Å². The van der Waals surface area contributed by atoms with Crippen molar-refractivity contribution >= 4 is 34.3 Å². The molecule has 0 bridgehead atoms. The van der Waals surface area contributed by atoms with Crippen molar-refractivity contribution in [3.05, 3.63) is 70.0 Å². The zero-order valence-corrected chi connectivity index (χ0v) is 16.2. The molecule has 3 rings (SSSR count). The highest BCUT2D eigenvalue weighted by Gasteiger charge is 2.08. The largest absolute Gasteiger partial charge is 0.497 e. The molecule has 0 aliphatic rings. The van der Waals surface area contributed by atoms with E-state index in [1.807, 2.05) is 36.4 Å². The minimum absolute atomic E-state index is 0.0474. The summed E-state index contributed by atoms with van der Waals surface area (Å²) in [6.07, 6.45) is 0.868. The second-order valence-corrected chi connectivity index (χ2v) is 7.11. The van der Waals surface area contributed by atoms with Gasteiger partial charge in [-0.2, -0.15) is 0 Å². The molecule has 5 nitrogen and oxygen atoms in total. The van der Waals surface area contributed by atoms with Gasteiger partial charge in [0.15, 0.2) is 5.43 Å². The number of fused-ring (bicyclic) bond motifs is 1. The van der Waals surface area contributed by atoms with Crippen LogP contribution in [0, 0.1) is 0 Å². The first kappa shape index (κ1) is 19.0. The smallest absolute Gasteiger partial charge is 0.234 e. The maximum atomic E-state index is 12.3. The topological polar surface area (TPSA) is 71.2 Å². The standard InChI is InChI=1S/C21H22N2O3S/c1-3-14-6-4-5-7-18(14)23-21(25)13-27-12-15-10-20(24)17-11-16(26-2)8-9-19(17)22-15/h4-11H,3,12-13H2,1-2H3,(H,22,24)(H,23,25). The highest BCUT2D eigenvalue weighted by Crippen LogP contribution is 2.19. The molecule has 0 saturated heterocycles. The van der Waals surface area contributed by atoms with E-state index >= 15 is 0 Å². The molecule has 0 atom stereocenters. The number of rotatable bonds is 7. The Bertz CT molecular complexity index is 1010. The fourth-order valence-corrected chi connectivity index (χ4v) is 3.61. The van der Waals surface area contributed by atoms with Gasteiger partial charge in [-0.05, 0) is 36.2 Å². The van der Waals surface area contributed by atoms with E-state index in [2.05, 4.69) is 17.2 Å². The van der Waals surface area contributed by atoms with Crippen LogP contribution in [-0.2, 0) is 17.0 Å². The first-order valence-corrected chi connectivity index (χ1v) is 9.91. The molecule has 0 aliphatic heterocycles. The van der Waals surface area contributed by atoms with Gasteiger partial charge in [-0.25, -0.2) is 0 Å². The summed E-state index contributed by atoms with van der Waals surface area (Å²) in [4.78, 5) is 27.8. The molecule has 2 aromatic carbocycles. The number of pyridine rings is 1. The van der Waals surface area contributed by atoms with Gasteiger partial charge in [-0.15, -0.1) is 11.8 Å². The number of carbonyl (C=O) groups is 1. The van der Waals surface area contributed by atoms with E-state index in [0.29, 0.717) is 22.6 Å². The van der Waals surface area contributed by atoms with Gasteiger partial charge in [-0.3, -0.25) is 9.59 Å². The number of aromatic amines is 1. The van der Waals surface area contributed by atoms with Crippen LogP contribution in [0.1, 0.15) is 18.2 Å². The molecule has 2 N–H and O–H groups in total. The summed E-state index contributed by atoms with van der Waals surface area (Å²) < 4.78 is 5.16. The molecule has 27 heavy (non-hydrogen) atoms. The van der Waals surface area contributed by atoms with Gasteiger partial charge >= 0.3 is 0 Å². The molecule has 0 saturated carbocycles. The minimum Gasteiger partial charge on any atom is -0.497 e. The summed E-state index contributed by atoms with van der Waals surface area (Å²) in [5.41, 5.74) is 3.48. The molecular formula is C21H22N2O3S. The number of thioether (sulfide) groups is 1. The van der Waals surface area contributed by atoms with Crippen molar-refractivity contribution in [3.63, 3.8) is 0 Å². The van der Waals surface area contributed by atoms with Crippen molar-refractivity contribution in [1.82, 2.24) is 4.98 Å². The van der Waals surface area contributed by atoms with Crippen molar-refractivity contribution < 1.29 is 9.53 Å². The van der Waals surface area contributed by atoms with Crippen LogP contribution < -0.4 is 15.5 Å². The van der Waals surface area contributed by atoms with E-state index in [1.165, 1.54) is 11.8 Å². The minimum atomic E-state index is -0.0559. The highest BCUT2D eigenvalue weighted by molar-refractivity contribution is 7.99. The van der Waals surface area contributed by atoms with Gasteiger partial charge in [0.05, 0.1) is 12.9 Å². The maximum Gasteiger partial charge on any atom is 0.234 e.